The maximum Gasteiger partial charge on any atom is 0.308 e. The number of esters is 1. The van der Waals surface area contributed by atoms with E-state index in [4.69, 9.17) is 16.3 Å². The van der Waals surface area contributed by atoms with Gasteiger partial charge in [-0.1, -0.05) is 17.7 Å². The minimum Gasteiger partial charge on any atom is -0.452 e. The van der Waals surface area contributed by atoms with Gasteiger partial charge in [0, 0.05) is 29.6 Å². The molecule has 25 heavy (non-hydrogen) atoms. The summed E-state index contributed by atoms with van der Waals surface area (Å²) in [5.41, 5.74) is 1.45. The fourth-order valence-corrected chi connectivity index (χ4v) is 2.11. The number of halogens is 1. The van der Waals surface area contributed by atoms with Crippen molar-refractivity contribution in [3.8, 4) is 0 Å². The first kappa shape index (κ1) is 18.7. The van der Waals surface area contributed by atoms with Crippen molar-refractivity contribution in [2.24, 2.45) is 0 Å². The Morgan fingerprint density at radius 2 is 2.00 bits per heavy atom. The molecular weight excluding hydrogens is 344 g/mol. The molecule has 0 radical (unpaired) electrons. The van der Waals surface area contributed by atoms with Gasteiger partial charge in [-0.15, -0.1) is 0 Å². The van der Waals surface area contributed by atoms with E-state index in [1.165, 1.54) is 6.92 Å². The van der Waals surface area contributed by atoms with Gasteiger partial charge in [-0.25, -0.2) is 9.97 Å². The number of aromatic nitrogens is 2. The van der Waals surface area contributed by atoms with Crippen molar-refractivity contribution >= 4 is 35.1 Å². The number of ether oxygens (including phenoxy) is 1. The first-order valence-electron chi connectivity index (χ1n) is 7.73. The molecule has 132 valence electrons. The zero-order chi connectivity index (χ0) is 18.2. The van der Waals surface area contributed by atoms with Crippen molar-refractivity contribution in [1.82, 2.24) is 9.97 Å². The van der Waals surface area contributed by atoms with Crippen LogP contribution in [0.4, 0.5) is 11.6 Å². The summed E-state index contributed by atoms with van der Waals surface area (Å²) in [5.74, 6) is -0.482. The number of anilines is 2. The first-order chi connectivity index (χ1) is 12.0. The topological polar surface area (TPSA) is 93.2 Å². The summed E-state index contributed by atoms with van der Waals surface area (Å²) >= 11 is 5.92. The van der Waals surface area contributed by atoms with Crippen LogP contribution in [0.5, 0.6) is 0 Å². The molecular formula is C17H19ClN4O3. The van der Waals surface area contributed by atoms with Crippen LogP contribution >= 0.6 is 11.6 Å². The molecule has 0 fully saturated rings. The molecule has 0 bridgehead atoms. The Kier molecular flexibility index (Phi) is 6.71. The fraction of sp³-hybridized carbons (Fsp3) is 0.294. The minimum absolute atomic E-state index is 0.0894. The number of nitrogens with one attached hydrogen (secondary N) is 2. The van der Waals surface area contributed by atoms with Gasteiger partial charge in [-0.3, -0.25) is 9.59 Å². The molecule has 1 aromatic heterocycles. The maximum atomic E-state index is 12.1. The lowest BCUT2D eigenvalue weighted by atomic mass is 10.2. The summed E-state index contributed by atoms with van der Waals surface area (Å²) in [7, 11) is 0. The molecule has 0 aliphatic rings. The molecule has 2 aromatic rings. The summed E-state index contributed by atoms with van der Waals surface area (Å²) < 4.78 is 5.13. The average molecular weight is 363 g/mol. The van der Waals surface area contributed by atoms with Crippen molar-refractivity contribution in [2.45, 2.75) is 26.4 Å². The molecule has 0 aliphatic heterocycles. The van der Waals surface area contributed by atoms with Crippen molar-refractivity contribution in [2.75, 3.05) is 17.2 Å². The second kappa shape index (κ2) is 8.98. The average Bonchev–Trinajstić information content (AvgIpc) is 2.59. The number of amides is 1. The first-order valence-corrected chi connectivity index (χ1v) is 8.11. The lowest BCUT2D eigenvalue weighted by molar-refractivity contribution is -0.152. The number of carbonyl (C=O) groups excluding carboxylic acids is 2. The van der Waals surface area contributed by atoms with Crippen LogP contribution in [0.3, 0.4) is 0 Å². The molecule has 2 rings (SSSR count). The zero-order valence-corrected chi connectivity index (χ0v) is 14.7. The van der Waals surface area contributed by atoms with Gasteiger partial charge in [-0.05, 0) is 37.6 Å². The van der Waals surface area contributed by atoms with Crippen LogP contribution in [0.15, 0.2) is 36.7 Å². The number of hydrogen-bond donors (Lipinski definition) is 2. The van der Waals surface area contributed by atoms with Crippen LogP contribution in [0, 0.1) is 6.92 Å². The molecule has 0 aliphatic carbocycles. The van der Waals surface area contributed by atoms with Crippen molar-refractivity contribution in [3.63, 3.8) is 0 Å². The van der Waals surface area contributed by atoms with Gasteiger partial charge >= 0.3 is 5.97 Å². The number of nitrogens with zero attached hydrogens (tertiary/aromatic N) is 2. The van der Waals surface area contributed by atoms with E-state index in [9.17, 15) is 9.59 Å². The Hall–Kier alpha value is -2.67. The highest BCUT2D eigenvalue weighted by Gasteiger charge is 2.18. The third kappa shape index (κ3) is 6.04. The standard InChI is InChI=1S/C17H19ClN4O3/c1-11-4-5-13(18)10-14(11)22-16(24)12(2)25-15(23)6-9-21-17-19-7-3-8-20-17/h3-5,7-8,10,12H,6,9H2,1-2H3,(H,22,24)(H,19,20,21). The number of aryl methyl sites for hydroxylation is 1. The van der Waals surface area contributed by atoms with Gasteiger partial charge in [0.25, 0.3) is 5.91 Å². The van der Waals surface area contributed by atoms with E-state index in [0.717, 1.165) is 5.56 Å². The number of hydrogen-bond acceptors (Lipinski definition) is 6. The maximum absolute atomic E-state index is 12.1. The third-order valence-electron chi connectivity index (χ3n) is 3.31. The van der Waals surface area contributed by atoms with Crippen molar-refractivity contribution < 1.29 is 14.3 Å². The highest BCUT2D eigenvalue weighted by Crippen LogP contribution is 2.20. The Bertz CT molecular complexity index is 740. The second-order valence-corrected chi connectivity index (χ2v) is 5.77. The molecule has 0 spiro atoms. The normalized spacial score (nSPS) is 11.5. The molecule has 1 unspecified atom stereocenters. The minimum atomic E-state index is -0.918. The Morgan fingerprint density at radius 3 is 2.72 bits per heavy atom. The quantitative estimate of drug-likeness (QED) is 0.736. The van der Waals surface area contributed by atoms with Crippen molar-refractivity contribution in [1.29, 1.82) is 0 Å². The highest BCUT2D eigenvalue weighted by atomic mass is 35.5. The molecule has 0 saturated heterocycles. The monoisotopic (exact) mass is 362 g/mol. The van der Waals surface area contributed by atoms with Crippen LogP contribution < -0.4 is 10.6 Å². The molecule has 1 amide bonds. The van der Waals surface area contributed by atoms with E-state index >= 15 is 0 Å². The summed E-state index contributed by atoms with van der Waals surface area (Å²) in [6.07, 6.45) is 2.36. The summed E-state index contributed by atoms with van der Waals surface area (Å²) in [6.45, 7) is 3.67. The van der Waals surface area contributed by atoms with E-state index in [-0.39, 0.29) is 6.42 Å². The van der Waals surface area contributed by atoms with E-state index in [0.29, 0.717) is 23.2 Å². The van der Waals surface area contributed by atoms with Gasteiger partial charge in [0.05, 0.1) is 6.42 Å². The molecule has 0 saturated carbocycles. The van der Waals surface area contributed by atoms with Crippen LogP contribution in [-0.4, -0.2) is 34.5 Å². The van der Waals surface area contributed by atoms with Crippen molar-refractivity contribution in [3.05, 3.63) is 47.2 Å². The number of benzene rings is 1. The lowest BCUT2D eigenvalue weighted by Crippen LogP contribution is -2.30. The van der Waals surface area contributed by atoms with E-state index in [1.54, 1.807) is 36.7 Å². The molecule has 1 atom stereocenters. The molecule has 7 nitrogen and oxygen atoms in total. The van der Waals surface area contributed by atoms with Gasteiger partial charge in [0.2, 0.25) is 5.95 Å². The van der Waals surface area contributed by atoms with E-state index < -0.39 is 18.0 Å². The summed E-state index contributed by atoms with van der Waals surface area (Å²) in [5, 5.41) is 6.11. The lowest BCUT2D eigenvalue weighted by Gasteiger charge is -2.15. The fourth-order valence-electron chi connectivity index (χ4n) is 1.94. The molecule has 2 N–H and O–H groups in total. The number of carbonyl (C=O) groups is 2. The molecule has 8 heteroatoms. The second-order valence-electron chi connectivity index (χ2n) is 5.33. The Balaban J connectivity index is 1.78. The Morgan fingerprint density at radius 1 is 1.28 bits per heavy atom. The van der Waals surface area contributed by atoms with Crippen LogP contribution in [0.1, 0.15) is 18.9 Å². The summed E-state index contributed by atoms with van der Waals surface area (Å²) in [4.78, 5) is 31.9. The smallest absolute Gasteiger partial charge is 0.308 e. The Labute approximate surface area is 150 Å². The van der Waals surface area contributed by atoms with Crippen LogP contribution in [0.25, 0.3) is 0 Å². The van der Waals surface area contributed by atoms with E-state index in [2.05, 4.69) is 20.6 Å². The van der Waals surface area contributed by atoms with Gasteiger partial charge in [-0.2, -0.15) is 0 Å². The highest BCUT2D eigenvalue weighted by molar-refractivity contribution is 6.31. The van der Waals surface area contributed by atoms with E-state index in [1.807, 2.05) is 6.92 Å². The predicted molar refractivity (Wildman–Crippen MR) is 95.5 cm³/mol. The predicted octanol–water partition coefficient (Wildman–Crippen LogP) is 2.81. The molecule has 1 aromatic carbocycles. The molecule has 1 heterocycles. The van der Waals surface area contributed by atoms with Crippen LogP contribution in [0.2, 0.25) is 5.02 Å². The van der Waals surface area contributed by atoms with Crippen LogP contribution in [-0.2, 0) is 14.3 Å². The third-order valence-corrected chi connectivity index (χ3v) is 3.55. The summed E-state index contributed by atoms with van der Waals surface area (Å²) in [6, 6.07) is 6.87. The zero-order valence-electron chi connectivity index (χ0n) is 14.0. The van der Waals surface area contributed by atoms with Gasteiger partial charge in [0.15, 0.2) is 6.10 Å². The SMILES string of the molecule is Cc1ccc(Cl)cc1NC(=O)C(C)OC(=O)CCNc1ncccn1. The number of rotatable bonds is 7. The largest absolute Gasteiger partial charge is 0.452 e. The van der Waals surface area contributed by atoms with Gasteiger partial charge in [0.1, 0.15) is 0 Å². The van der Waals surface area contributed by atoms with Gasteiger partial charge < -0.3 is 15.4 Å².